The van der Waals surface area contributed by atoms with E-state index >= 15 is 0 Å². The SMILES string of the molecule is Cc1ccc(OC(C)C(=O)NN)cc1. The van der Waals surface area contributed by atoms with Crippen LogP contribution in [0.4, 0.5) is 0 Å². The second-order valence-corrected chi connectivity index (χ2v) is 3.08. The van der Waals surface area contributed by atoms with Gasteiger partial charge < -0.3 is 4.74 Å². The number of hydrogen-bond acceptors (Lipinski definition) is 3. The molecule has 0 aromatic heterocycles. The first-order valence-electron chi connectivity index (χ1n) is 4.37. The quantitative estimate of drug-likeness (QED) is 0.424. The van der Waals surface area contributed by atoms with Crippen molar-refractivity contribution in [2.75, 3.05) is 0 Å². The predicted octanol–water partition coefficient (Wildman–Crippen LogP) is 0.752. The molecular weight excluding hydrogens is 180 g/mol. The number of amides is 1. The summed E-state index contributed by atoms with van der Waals surface area (Å²) in [5.74, 6) is 5.29. The summed E-state index contributed by atoms with van der Waals surface area (Å²) in [5.41, 5.74) is 3.18. The molecule has 0 radical (unpaired) electrons. The van der Waals surface area contributed by atoms with Crippen molar-refractivity contribution in [1.29, 1.82) is 0 Å². The number of nitrogens with one attached hydrogen (secondary N) is 1. The molecule has 4 nitrogen and oxygen atoms in total. The number of hydrazine groups is 1. The number of carbonyl (C=O) groups excluding carboxylic acids is 1. The molecule has 0 saturated heterocycles. The van der Waals surface area contributed by atoms with Crippen LogP contribution in [0.25, 0.3) is 0 Å². The van der Waals surface area contributed by atoms with Crippen molar-refractivity contribution in [3.8, 4) is 5.75 Å². The molecule has 1 aromatic carbocycles. The number of hydrogen-bond donors (Lipinski definition) is 2. The van der Waals surface area contributed by atoms with Crippen molar-refractivity contribution in [1.82, 2.24) is 5.43 Å². The summed E-state index contributed by atoms with van der Waals surface area (Å²) in [5, 5.41) is 0. The standard InChI is InChI=1S/C10H14N2O2/c1-7-3-5-9(6-4-7)14-8(2)10(13)12-11/h3-6,8H,11H2,1-2H3,(H,12,13). The smallest absolute Gasteiger partial charge is 0.274 e. The Hall–Kier alpha value is -1.55. The van der Waals surface area contributed by atoms with E-state index in [1.165, 1.54) is 0 Å². The zero-order valence-electron chi connectivity index (χ0n) is 8.28. The van der Waals surface area contributed by atoms with Crippen LogP contribution in [0.15, 0.2) is 24.3 Å². The lowest BCUT2D eigenvalue weighted by atomic mass is 10.2. The van der Waals surface area contributed by atoms with E-state index < -0.39 is 6.10 Å². The van der Waals surface area contributed by atoms with E-state index in [2.05, 4.69) is 0 Å². The lowest BCUT2D eigenvalue weighted by Gasteiger charge is -2.12. The first-order valence-corrected chi connectivity index (χ1v) is 4.37. The van der Waals surface area contributed by atoms with E-state index in [0.29, 0.717) is 5.75 Å². The summed E-state index contributed by atoms with van der Waals surface area (Å²) in [4.78, 5) is 11.0. The largest absolute Gasteiger partial charge is 0.481 e. The van der Waals surface area contributed by atoms with Crippen molar-refractivity contribution in [3.63, 3.8) is 0 Å². The fourth-order valence-electron chi connectivity index (χ4n) is 0.992. The minimum Gasteiger partial charge on any atom is -0.481 e. The first-order chi connectivity index (χ1) is 6.63. The molecule has 1 rings (SSSR count). The molecule has 0 aliphatic rings. The lowest BCUT2D eigenvalue weighted by molar-refractivity contribution is -0.127. The Balaban J connectivity index is 2.60. The molecule has 0 aliphatic carbocycles. The van der Waals surface area contributed by atoms with Crippen LogP contribution in [0.5, 0.6) is 5.75 Å². The van der Waals surface area contributed by atoms with Crippen molar-refractivity contribution in [3.05, 3.63) is 29.8 Å². The lowest BCUT2D eigenvalue weighted by Crippen LogP contribution is -2.40. The van der Waals surface area contributed by atoms with Crippen LogP contribution < -0.4 is 16.0 Å². The van der Waals surface area contributed by atoms with Gasteiger partial charge in [0.15, 0.2) is 6.10 Å². The maximum Gasteiger partial charge on any atom is 0.274 e. The van der Waals surface area contributed by atoms with E-state index in [1.807, 2.05) is 36.6 Å². The molecule has 1 amide bonds. The van der Waals surface area contributed by atoms with Gasteiger partial charge in [-0.25, -0.2) is 5.84 Å². The summed E-state index contributed by atoms with van der Waals surface area (Å²) in [6.07, 6.45) is -0.581. The van der Waals surface area contributed by atoms with Gasteiger partial charge in [-0.1, -0.05) is 17.7 Å². The molecule has 0 bridgehead atoms. The Morgan fingerprint density at radius 3 is 2.50 bits per heavy atom. The zero-order chi connectivity index (χ0) is 10.6. The summed E-state index contributed by atoms with van der Waals surface area (Å²) >= 11 is 0. The third-order valence-electron chi connectivity index (χ3n) is 1.85. The van der Waals surface area contributed by atoms with Crippen LogP contribution >= 0.6 is 0 Å². The van der Waals surface area contributed by atoms with Gasteiger partial charge in [0.25, 0.3) is 5.91 Å². The highest BCUT2D eigenvalue weighted by Gasteiger charge is 2.12. The van der Waals surface area contributed by atoms with Crippen molar-refractivity contribution in [2.45, 2.75) is 20.0 Å². The Bertz CT molecular complexity index is 308. The average Bonchev–Trinajstić information content (AvgIpc) is 2.20. The number of rotatable bonds is 3. The topological polar surface area (TPSA) is 64.3 Å². The molecule has 3 N–H and O–H groups in total. The van der Waals surface area contributed by atoms with Crippen molar-refractivity contribution in [2.24, 2.45) is 5.84 Å². The maximum atomic E-state index is 11.0. The number of nitrogens with two attached hydrogens (primary N) is 1. The third kappa shape index (κ3) is 2.74. The Morgan fingerprint density at radius 1 is 1.43 bits per heavy atom. The highest BCUT2D eigenvalue weighted by Crippen LogP contribution is 2.12. The van der Waals surface area contributed by atoms with Crippen LogP contribution in [0.2, 0.25) is 0 Å². The molecule has 1 aromatic rings. The molecule has 0 saturated carbocycles. The summed E-state index contributed by atoms with van der Waals surface area (Å²) in [6, 6.07) is 7.47. The normalized spacial score (nSPS) is 11.9. The Kier molecular flexibility index (Phi) is 3.48. The van der Waals surface area contributed by atoms with Gasteiger partial charge in [-0.2, -0.15) is 0 Å². The van der Waals surface area contributed by atoms with Crippen LogP contribution in [0, 0.1) is 6.92 Å². The van der Waals surface area contributed by atoms with E-state index in [9.17, 15) is 4.79 Å². The minimum atomic E-state index is -0.581. The first kappa shape index (κ1) is 10.5. The van der Waals surface area contributed by atoms with E-state index in [1.54, 1.807) is 6.92 Å². The second-order valence-electron chi connectivity index (χ2n) is 3.08. The molecule has 0 fully saturated rings. The summed E-state index contributed by atoms with van der Waals surface area (Å²) < 4.78 is 5.33. The van der Waals surface area contributed by atoms with E-state index in [0.717, 1.165) is 5.56 Å². The molecule has 14 heavy (non-hydrogen) atoms. The fourth-order valence-corrected chi connectivity index (χ4v) is 0.992. The van der Waals surface area contributed by atoms with Gasteiger partial charge in [-0.3, -0.25) is 10.2 Å². The number of benzene rings is 1. The second kappa shape index (κ2) is 4.62. The monoisotopic (exact) mass is 194 g/mol. The predicted molar refractivity (Wildman–Crippen MR) is 53.6 cm³/mol. The highest BCUT2D eigenvalue weighted by atomic mass is 16.5. The van der Waals surface area contributed by atoms with Crippen molar-refractivity contribution >= 4 is 5.91 Å². The van der Waals surface area contributed by atoms with Crippen LogP contribution in [-0.2, 0) is 4.79 Å². The Labute approximate surface area is 83.0 Å². The van der Waals surface area contributed by atoms with Crippen molar-refractivity contribution < 1.29 is 9.53 Å². The number of carbonyl (C=O) groups is 1. The van der Waals surface area contributed by atoms with Gasteiger partial charge in [0.2, 0.25) is 0 Å². The van der Waals surface area contributed by atoms with Gasteiger partial charge in [-0.05, 0) is 26.0 Å². The van der Waals surface area contributed by atoms with Gasteiger partial charge >= 0.3 is 0 Å². The molecule has 1 atom stereocenters. The van der Waals surface area contributed by atoms with E-state index in [-0.39, 0.29) is 5.91 Å². The van der Waals surface area contributed by atoms with Crippen LogP contribution in [0.3, 0.4) is 0 Å². The Morgan fingerprint density at radius 2 is 2.00 bits per heavy atom. The molecule has 4 heteroatoms. The summed E-state index contributed by atoms with van der Waals surface area (Å²) in [7, 11) is 0. The highest BCUT2D eigenvalue weighted by molar-refractivity contribution is 5.80. The number of aryl methyl sites for hydroxylation is 1. The van der Waals surface area contributed by atoms with E-state index in [4.69, 9.17) is 10.6 Å². The molecular formula is C10H14N2O2. The van der Waals surface area contributed by atoms with Crippen LogP contribution in [-0.4, -0.2) is 12.0 Å². The fraction of sp³-hybridized carbons (Fsp3) is 0.300. The number of ether oxygens (including phenoxy) is 1. The molecule has 0 aliphatic heterocycles. The van der Waals surface area contributed by atoms with Gasteiger partial charge in [-0.15, -0.1) is 0 Å². The zero-order valence-corrected chi connectivity index (χ0v) is 8.28. The third-order valence-corrected chi connectivity index (χ3v) is 1.85. The van der Waals surface area contributed by atoms with Gasteiger partial charge in [0.05, 0.1) is 0 Å². The molecule has 0 heterocycles. The van der Waals surface area contributed by atoms with Gasteiger partial charge in [0, 0.05) is 0 Å². The van der Waals surface area contributed by atoms with Crippen LogP contribution in [0.1, 0.15) is 12.5 Å². The van der Waals surface area contributed by atoms with Gasteiger partial charge in [0.1, 0.15) is 5.75 Å². The maximum absolute atomic E-state index is 11.0. The minimum absolute atomic E-state index is 0.342. The average molecular weight is 194 g/mol. The summed E-state index contributed by atoms with van der Waals surface area (Å²) in [6.45, 7) is 3.63. The molecule has 1 unspecified atom stereocenters. The molecule has 76 valence electrons. The molecule has 0 spiro atoms.